The van der Waals surface area contributed by atoms with E-state index in [-0.39, 0.29) is 35.0 Å². The number of amides is 1. The zero-order valence-electron chi connectivity index (χ0n) is 10.4. The van der Waals surface area contributed by atoms with E-state index in [9.17, 15) is 4.79 Å². The molecule has 3 nitrogen and oxygen atoms in total. The van der Waals surface area contributed by atoms with Gasteiger partial charge in [-0.05, 0) is 44.8 Å². The Bertz CT molecular complexity index is 269. The van der Waals surface area contributed by atoms with Crippen molar-refractivity contribution in [3.63, 3.8) is 0 Å². The molecule has 0 radical (unpaired) electrons. The van der Waals surface area contributed by atoms with Gasteiger partial charge in [0.1, 0.15) is 0 Å². The second-order valence-electron chi connectivity index (χ2n) is 5.39. The molecule has 0 bridgehead atoms. The van der Waals surface area contributed by atoms with Gasteiger partial charge in [0.05, 0.1) is 0 Å². The third-order valence-electron chi connectivity index (χ3n) is 3.78. The zero-order chi connectivity index (χ0) is 11.6. The van der Waals surface area contributed by atoms with E-state index in [0.717, 1.165) is 25.8 Å². The van der Waals surface area contributed by atoms with Crippen molar-refractivity contribution in [2.24, 2.45) is 11.7 Å². The number of hydrogen-bond donors (Lipinski definition) is 2. The molecule has 1 aliphatic carbocycles. The monoisotopic (exact) mass is 278 g/mol. The molecule has 2 rings (SSSR count). The minimum absolute atomic E-state index is 0. The van der Waals surface area contributed by atoms with Crippen LogP contribution in [0.5, 0.6) is 0 Å². The van der Waals surface area contributed by atoms with Crippen molar-refractivity contribution < 1.29 is 4.79 Å². The summed E-state index contributed by atoms with van der Waals surface area (Å²) in [5.41, 5.74) is 5.82. The Morgan fingerprint density at radius 1 is 1.53 bits per heavy atom. The molecule has 17 heavy (non-hydrogen) atoms. The number of thioether (sulfide) groups is 1. The molecule has 3 atom stereocenters. The van der Waals surface area contributed by atoms with E-state index in [4.69, 9.17) is 5.73 Å². The first-order valence-electron chi connectivity index (χ1n) is 6.26. The van der Waals surface area contributed by atoms with Crippen molar-refractivity contribution in [3.8, 4) is 0 Å². The molecule has 1 saturated carbocycles. The molecule has 5 heteroatoms. The lowest BCUT2D eigenvalue weighted by Crippen LogP contribution is -2.39. The standard InChI is InChI=1S/C12H22N2OS.ClH/c1-12(5-2-6-16-12)8-14-11(15)9-3-4-10(13)7-9;/h9-10H,2-8,13H2,1H3,(H,14,15);1H. The first-order valence-corrected chi connectivity index (χ1v) is 7.25. The molecular weight excluding hydrogens is 256 g/mol. The quantitative estimate of drug-likeness (QED) is 0.830. The summed E-state index contributed by atoms with van der Waals surface area (Å²) in [5, 5.41) is 3.11. The van der Waals surface area contributed by atoms with Crippen LogP contribution in [0.2, 0.25) is 0 Å². The zero-order valence-corrected chi connectivity index (χ0v) is 12.0. The SMILES string of the molecule is CC1(CNC(=O)C2CCC(N)C2)CCCS1.Cl. The van der Waals surface area contributed by atoms with E-state index in [0.29, 0.717) is 0 Å². The average molecular weight is 279 g/mol. The summed E-state index contributed by atoms with van der Waals surface area (Å²) in [4.78, 5) is 11.9. The van der Waals surface area contributed by atoms with E-state index in [1.54, 1.807) is 0 Å². The Labute approximate surface area is 114 Å². The van der Waals surface area contributed by atoms with Crippen LogP contribution in [0, 0.1) is 5.92 Å². The van der Waals surface area contributed by atoms with Crippen molar-refractivity contribution in [1.82, 2.24) is 5.32 Å². The van der Waals surface area contributed by atoms with Crippen LogP contribution in [0.25, 0.3) is 0 Å². The summed E-state index contributed by atoms with van der Waals surface area (Å²) in [6, 6.07) is 0.243. The number of nitrogens with one attached hydrogen (secondary N) is 1. The van der Waals surface area contributed by atoms with Crippen LogP contribution in [0.3, 0.4) is 0 Å². The van der Waals surface area contributed by atoms with Crippen LogP contribution in [-0.4, -0.2) is 29.0 Å². The van der Waals surface area contributed by atoms with Crippen LogP contribution in [-0.2, 0) is 4.79 Å². The Kier molecular flexibility index (Phi) is 5.61. The second kappa shape index (κ2) is 6.30. The number of nitrogens with two attached hydrogens (primary N) is 1. The van der Waals surface area contributed by atoms with Crippen LogP contribution >= 0.6 is 24.2 Å². The summed E-state index contributed by atoms with van der Waals surface area (Å²) >= 11 is 1.99. The highest BCUT2D eigenvalue weighted by molar-refractivity contribution is 8.00. The fourth-order valence-corrected chi connectivity index (χ4v) is 3.89. The van der Waals surface area contributed by atoms with Crippen LogP contribution < -0.4 is 11.1 Å². The third kappa shape index (κ3) is 4.04. The summed E-state index contributed by atoms with van der Waals surface area (Å²) in [5.74, 6) is 1.63. The lowest BCUT2D eigenvalue weighted by molar-refractivity contribution is -0.124. The number of carbonyl (C=O) groups excluding carboxylic acids is 1. The predicted molar refractivity (Wildman–Crippen MR) is 75.7 cm³/mol. The molecule has 1 amide bonds. The summed E-state index contributed by atoms with van der Waals surface area (Å²) in [6.07, 6.45) is 5.35. The van der Waals surface area contributed by atoms with Gasteiger partial charge in [0.15, 0.2) is 0 Å². The first-order chi connectivity index (χ1) is 7.59. The maximum Gasteiger partial charge on any atom is 0.223 e. The molecule has 3 unspecified atom stereocenters. The molecule has 0 aromatic carbocycles. The first kappa shape index (κ1) is 15.1. The van der Waals surface area contributed by atoms with Crippen molar-refractivity contribution in [1.29, 1.82) is 0 Å². The molecule has 0 aromatic heterocycles. The Balaban J connectivity index is 0.00000144. The molecule has 1 aliphatic heterocycles. The number of carbonyl (C=O) groups is 1. The fraction of sp³-hybridized carbons (Fsp3) is 0.917. The van der Waals surface area contributed by atoms with Crippen LogP contribution in [0.4, 0.5) is 0 Å². The molecule has 100 valence electrons. The van der Waals surface area contributed by atoms with Crippen molar-refractivity contribution in [2.75, 3.05) is 12.3 Å². The molecular formula is C12H23ClN2OS. The van der Waals surface area contributed by atoms with Gasteiger partial charge in [-0.1, -0.05) is 0 Å². The minimum atomic E-state index is 0. The van der Waals surface area contributed by atoms with Gasteiger partial charge in [-0.15, -0.1) is 12.4 Å². The highest BCUT2D eigenvalue weighted by Gasteiger charge is 2.32. The normalized spacial score (nSPS) is 36.6. The topological polar surface area (TPSA) is 55.1 Å². The third-order valence-corrected chi connectivity index (χ3v) is 5.32. The van der Waals surface area contributed by atoms with Gasteiger partial charge in [-0.25, -0.2) is 0 Å². The summed E-state index contributed by atoms with van der Waals surface area (Å²) in [6.45, 7) is 3.08. The van der Waals surface area contributed by atoms with Crippen LogP contribution in [0.15, 0.2) is 0 Å². The van der Waals surface area contributed by atoms with E-state index < -0.39 is 0 Å². The smallest absolute Gasteiger partial charge is 0.223 e. The maximum atomic E-state index is 11.9. The largest absolute Gasteiger partial charge is 0.354 e. The summed E-state index contributed by atoms with van der Waals surface area (Å²) in [7, 11) is 0. The van der Waals surface area contributed by atoms with Crippen molar-refractivity contribution >= 4 is 30.1 Å². The van der Waals surface area contributed by atoms with Gasteiger partial charge in [0.25, 0.3) is 0 Å². The molecule has 0 spiro atoms. The van der Waals surface area contributed by atoms with Crippen molar-refractivity contribution in [3.05, 3.63) is 0 Å². The van der Waals surface area contributed by atoms with E-state index in [2.05, 4.69) is 12.2 Å². The number of hydrogen-bond acceptors (Lipinski definition) is 3. The molecule has 1 saturated heterocycles. The molecule has 2 aliphatic rings. The maximum absolute atomic E-state index is 11.9. The fourth-order valence-electron chi connectivity index (χ4n) is 2.65. The van der Waals surface area contributed by atoms with Crippen LogP contribution in [0.1, 0.15) is 39.0 Å². The van der Waals surface area contributed by atoms with E-state index >= 15 is 0 Å². The Hall–Kier alpha value is 0.0700. The van der Waals surface area contributed by atoms with Gasteiger partial charge in [-0.3, -0.25) is 4.79 Å². The predicted octanol–water partition coefficient (Wildman–Crippen LogP) is 1.94. The van der Waals surface area contributed by atoms with Gasteiger partial charge in [0, 0.05) is 23.3 Å². The Morgan fingerprint density at radius 2 is 2.29 bits per heavy atom. The van der Waals surface area contributed by atoms with Gasteiger partial charge >= 0.3 is 0 Å². The van der Waals surface area contributed by atoms with Gasteiger partial charge in [-0.2, -0.15) is 11.8 Å². The Morgan fingerprint density at radius 3 is 2.82 bits per heavy atom. The lowest BCUT2D eigenvalue weighted by Gasteiger charge is -2.23. The molecule has 1 heterocycles. The summed E-state index contributed by atoms with van der Waals surface area (Å²) < 4.78 is 0.274. The van der Waals surface area contributed by atoms with E-state index in [1.807, 2.05) is 11.8 Å². The molecule has 3 N–H and O–H groups in total. The number of halogens is 1. The molecule has 2 fully saturated rings. The van der Waals surface area contributed by atoms with Crippen molar-refractivity contribution in [2.45, 2.75) is 49.8 Å². The highest BCUT2D eigenvalue weighted by Crippen LogP contribution is 2.37. The molecule has 0 aromatic rings. The second-order valence-corrected chi connectivity index (χ2v) is 7.07. The minimum Gasteiger partial charge on any atom is -0.354 e. The lowest BCUT2D eigenvalue weighted by atomic mass is 10.0. The number of rotatable bonds is 3. The van der Waals surface area contributed by atoms with Gasteiger partial charge < -0.3 is 11.1 Å². The highest BCUT2D eigenvalue weighted by atomic mass is 35.5. The average Bonchev–Trinajstić information content (AvgIpc) is 2.85. The van der Waals surface area contributed by atoms with E-state index in [1.165, 1.54) is 18.6 Å². The van der Waals surface area contributed by atoms with Gasteiger partial charge in [0.2, 0.25) is 5.91 Å².